The Bertz CT molecular complexity index is 473. The molecule has 0 atom stereocenters. The molecule has 0 aliphatic carbocycles. The van der Waals surface area contributed by atoms with Crippen LogP contribution in [0.5, 0.6) is 0 Å². The van der Waals surface area contributed by atoms with Crippen LogP contribution in [0.4, 0.5) is 0 Å². The largest absolute Gasteiger partial charge is 0.339 e. The lowest BCUT2D eigenvalue weighted by Gasteiger charge is -2.27. The fourth-order valence-corrected chi connectivity index (χ4v) is 2.39. The number of aryl methyl sites for hydroxylation is 1. The van der Waals surface area contributed by atoms with Gasteiger partial charge in [-0.05, 0) is 50.8 Å². The van der Waals surface area contributed by atoms with Crippen LogP contribution in [0.1, 0.15) is 52.5 Å². The van der Waals surface area contributed by atoms with Crippen molar-refractivity contribution in [1.82, 2.24) is 4.90 Å². The van der Waals surface area contributed by atoms with Gasteiger partial charge in [-0.15, -0.1) is 0 Å². The number of Topliss-reactive ketones (excluding diaryl/α,β-unsaturated/α-hetero) is 1. The number of hydrogen-bond donors (Lipinski definition) is 0. The minimum atomic E-state index is 0.0371. The Morgan fingerprint density at radius 3 is 2.33 bits per heavy atom. The second-order valence-corrected chi connectivity index (χ2v) is 4.94. The van der Waals surface area contributed by atoms with Crippen molar-refractivity contribution in [2.24, 2.45) is 0 Å². The predicted molar refractivity (Wildman–Crippen MR) is 70.9 cm³/mol. The van der Waals surface area contributed by atoms with Crippen LogP contribution in [0.25, 0.3) is 0 Å². The van der Waals surface area contributed by atoms with Crippen LogP contribution in [0.2, 0.25) is 0 Å². The van der Waals surface area contributed by atoms with E-state index in [1.54, 1.807) is 25.1 Å². The van der Waals surface area contributed by atoms with E-state index in [1.807, 2.05) is 11.8 Å². The maximum atomic E-state index is 12.3. The molecule has 3 nitrogen and oxygen atoms in total. The summed E-state index contributed by atoms with van der Waals surface area (Å²) in [6.45, 7) is 5.14. The fourth-order valence-electron chi connectivity index (χ4n) is 2.39. The number of nitrogens with zero attached hydrogens (tertiary/aromatic N) is 1. The first-order valence-electron chi connectivity index (χ1n) is 6.50. The first-order valence-corrected chi connectivity index (χ1v) is 6.50. The Kier molecular flexibility index (Phi) is 3.80. The van der Waals surface area contributed by atoms with Crippen molar-refractivity contribution in [2.45, 2.75) is 33.1 Å². The Balaban J connectivity index is 2.22. The summed E-state index contributed by atoms with van der Waals surface area (Å²) in [5.74, 6) is 0.136. The van der Waals surface area contributed by atoms with Crippen LogP contribution < -0.4 is 0 Å². The summed E-state index contributed by atoms with van der Waals surface area (Å²) in [7, 11) is 0. The predicted octanol–water partition coefficient (Wildman–Crippen LogP) is 2.82. The molecule has 0 bridgehead atoms. The molecule has 0 spiro atoms. The third-order valence-corrected chi connectivity index (χ3v) is 3.51. The number of piperidine rings is 1. The molecule has 1 saturated heterocycles. The summed E-state index contributed by atoms with van der Waals surface area (Å²) in [6, 6.07) is 5.33. The molecule has 2 rings (SSSR count). The van der Waals surface area contributed by atoms with E-state index in [2.05, 4.69) is 0 Å². The molecule has 0 N–H and O–H groups in total. The summed E-state index contributed by atoms with van der Waals surface area (Å²) >= 11 is 0. The highest BCUT2D eigenvalue weighted by Gasteiger charge is 2.19. The molecular formula is C15H19NO2. The number of carbonyl (C=O) groups excluding carboxylic acids is 2. The summed E-state index contributed by atoms with van der Waals surface area (Å²) in [5, 5.41) is 0. The van der Waals surface area contributed by atoms with Gasteiger partial charge in [0.05, 0.1) is 0 Å². The molecule has 0 radical (unpaired) electrons. The van der Waals surface area contributed by atoms with Crippen LogP contribution in [0.15, 0.2) is 18.2 Å². The maximum absolute atomic E-state index is 12.3. The molecule has 1 aliphatic rings. The van der Waals surface area contributed by atoms with Crippen molar-refractivity contribution in [3.05, 3.63) is 34.9 Å². The smallest absolute Gasteiger partial charge is 0.254 e. The van der Waals surface area contributed by atoms with E-state index in [0.29, 0.717) is 5.56 Å². The number of carbonyl (C=O) groups is 2. The van der Waals surface area contributed by atoms with Crippen molar-refractivity contribution in [3.8, 4) is 0 Å². The molecule has 1 fully saturated rings. The van der Waals surface area contributed by atoms with Crippen LogP contribution >= 0.6 is 0 Å². The molecule has 1 amide bonds. The summed E-state index contributed by atoms with van der Waals surface area (Å²) < 4.78 is 0. The van der Waals surface area contributed by atoms with Gasteiger partial charge >= 0.3 is 0 Å². The lowest BCUT2D eigenvalue weighted by atomic mass is 10.0. The number of ketones is 1. The quantitative estimate of drug-likeness (QED) is 0.751. The number of amides is 1. The van der Waals surface area contributed by atoms with Crippen molar-refractivity contribution in [2.75, 3.05) is 13.1 Å². The Labute approximate surface area is 108 Å². The van der Waals surface area contributed by atoms with E-state index in [4.69, 9.17) is 0 Å². The lowest BCUT2D eigenvalue weighted by molar-refractivity contribution is 0.0723. The van der Waals surface area contributed by atoms with Crippen molar-refractivity contribution >= 4 is 11.7 Å². The van der Waals surface area contributed by atoms with Crippen LogP contribution in [0, 0.1) is 6.92 Å². The molecule has 1 aliphatic heterocycles. The van der Waals surface area contributed by atoms with Gasteiger partial charge in [-0.2, -0.15) is 0 Å². The van der Waals surface area contributed by atoms with Gasteiger partial charge in [-0.3, -0.25) is 9.59 Å². The van der Waals surface area contributed by atoms with Gasteiger partial charge in [-0.25, -0.2) is 0 Å². The molecule has 0 unspecified atom stereocenters. The van der Waals surface area contributed by atoms with Gasteiger partial charge in [-0.1, -0.05) is 6.07 Å². The number of hydrogen-bond acceptors (Lipinski definition) is 2. The zero-order valence-corrected chi connectivity index (χ0v) is 11.0. The third kappa shape index (κ3) is 2.61. The fraction of sp³-hybridized carbons (Fsp3) is 0.467. The second kappa shape index (κ2) is 5.34. The van der Waals surface area contributed by atoms with E-state index in [9.17, 15) is 9.59 Å². The van der Waals surface area contributed by atoms with Gasteiger partial charge in [0.2, 0.25) is 0 Å². The van der Waals surface area contributed by atoms with Crippen LogP contribution in [-0.2, 0) is 0 Å². The van der Waals surface area contributed by atoms with Crippen LogP contribution in [0.3, 0.4) is 0 Å². The number of benzene rings is 1. The minimum Gasteiger partial charge on any atom is -0.339 e. The normalized spacial score (nSPS) is 15.6. The van der Waals surface area contributed by atoms with E-state index < -0.39 is 0 Å². The average Bonchev–Trinajstić information content (AvgIpc) is 2.38. The SMILES string of the molecule is CC(=O)c1ccc(C(=O)N2CCCCC2)c(C)c1. The molecule has 0 aromatic heterocycles. The molecule has 1 aromatic rings. The summed E-state index contributed by atoms with van der Waals surface area (Å²) in [4.78, 5) is 25.5. The van der Waals surface area contributed by atoms with Gasteiger partial charge in [0, 0.05) is 24.2 Å². The molecule has 18 heavy (non-hydrogen) atoms. The molecular weight excluding hydrogens is 226 g/mol. The Morgan fingerprint density at radius 1 is 1.11 bits per heavy atom. The topological polar surface area (TPSA) is 37.4 Å². The molecule has 3 heteroatoms. The Hall–Kier alpha value is -1.64. The zero-order valence-electron chi connectivity index (χ0n) is 11.0. The van der Waals surface area contributed by atoms with Crippen molar-refractivity contribution in [1.29, 1.82) is 0 Å². The monoisotopic (exact) mass is 245 g/mol. The number of likely N-dealkylation sites (tertiary alicyclic amines) is 1. The molecule has 0 saturated carbocycles. The highest BCUT2D eigenvalue weighted by atomic mass is 16.2. The van der Waals surface area contributed by atoms with Crippen molar-refractivity contribution < 1.29 is 9.59 Å². The first kappa shape index (κ1) is 12.8. The summed E-state index contributed by atoms with van der Waals surface area (Å²) in [5.41, 5.74) is 2.28. The zero-order chi connectivity index (χ0) is 13.1. The molecule has 96 valence electrons. The first-order chi connectivity index (χ1) is 8.59. The highest BCUT2D eigenvalue weighted by molar-refractivity contribution is 5.99. The van der Waals surface area contributed by atoms with Gasteiger partial charge in [0.25, 0.3) is 5.91 Å². The van der Waals surface area contributed by atoms with E-state index in [0.717, 1.165) is 37.1 Å². The number of rotatable bonds is 2. The Morgan fingerprint density at radius 2 is 1.78 bits per heavy atom. The average molecular weight is 245 g/mol. The molecule has 1 aromatic carbocycles. The highest BCUT2D eigenvalue weighted by Crippen LogP contribution is 2.17. The van der Waals surface area contributed by atoms with Gasteiger partial charge in [0.15, 0.2) is 5.78 Å². The lowest BCUT2D eigenvalue weighted by Crippen LogP contribution is -2.35. The summed E-state index contributed by atoms with van der Waals surface area (Å²) in [6.07, 6.45) is 3.40. The minimum absolute atomic E-state index is 0.0371. The van der Waals surface area contributed by atoms with E-state index >= 15 is 0 Å². The van der Waals surface area contributed by atoms with Crippen LogP contribution in [-0.4, -0.2) is 29.7 Å². The maximum Gasteiger partial charge on any atom is 0.254 e. The van der Waals surface area contributed by atoms with E-state index in [1.165, 1.54) is 6.42 Å². The van der Waals surface area contributed by atoms with Gasteiger partial charge < -0.3 is 4.90 Å². The second-order valence-electron chi connectivity index (χ2n) is 4.94. The van der Waals surface area contributed by atoms with Crippen molar-refractivity contribution in [3.63, 3.8) is 0 Å². The molecule has 1 heterocycles. The van der Waals surface area contributed by atoms with E-state index in [-0.39, 0.29) is 11.7 Å². The van der Waals surface area contributed by atoms with Gasteiger partial charge in [0.1, 0.15) is 0 Å². The third-order valence-electron chi connectivity index (χ3n) is 3.51. The standard InChI is InChI=1S/C15H19NO2/c1-11-10-13(12(2)17)6-7-14(11)15(18)16-8-4-3-5-9-16/h6-7,10H,3-5,8-9H2,1-2H3.